The predicted octanol–water partition coefficient (Wildman–Crippen LogP) is 2.92. The van der Waals surface area contributed by atoms with Crippen LogP contribution in [0.5, 0.6) is 0 Å². The molecule has 1 heterocycles. The average molecular weight is 288 g/mol. The molecule has 1 fully saturated rings. The quantitative estimate of drug-likeness (QED) is 0.873. The minimum atomic E-state index is 0.256. The maximum atomic E-state index is 12.2. The highest BCUT2D eigenvalue weighted by atomic mass is 16.2. The van der Waals surface area contributed by atoms with E-state index in [1.54, 1.807) is 0 Å². The number of aryl methyl sites for hydroxylation is 2. The van der Waals surface area contributed by atoms with Crippen molar-refractivity contribution >= 4 is 5.91 Å². The van der Waals surface area contributed by atoms with Crippen LogP contribution in [0.25, 0.3) is 0 Å². The van der Waals surface area contributed by atoms with Gasteiger partial charge in [0.15, 0.2) is 0 Å². The van der Waals surface area contributed by atoms with Crippen LogP contribution in [-0.2, 0) is 11.2 Å². The fourth-order valence-electron chi connectivity index (χ4n) is 2.84. The van der Waals surface area contributed by atoms with Crippen molar-refractivity contribution in [3.8, 4) is 0 Å². The molecule has 0 spiro atoms. The summed E-state index contributed by atoms with van der Waals surface area (Å²) in [5.74, 6) is 0.256. The molecule has 21 heavy (non-hydrogen) atoms. The van der Waals surface area contributed by atoms with E-state index in [-0.39, 0.29) is 5.91 Å². The van der Waals surface area contributed by atoms with Gasteiger partial charge in [-0.2, -0.15) is 0 Å². The number of piperidine rings is 1. The number of amides is 1. The summed E-state index contributed by atoms with van der Waals surface area (Å²) in [7, 11) is 1.93. The van der Waals surface area contributed by atoms with Crippen molar-refractivity contribution in [2.45, 2.75) is 51.5 Å². The molecule has 2 rings (SSSR count). The van der Waals surface area contributed by atoms with Crippen LogP contribution in [0.1, 0.15) is 43.2 Å². The summed E-state index contributed by atoms with van der Waals surface area (Å²) in [6.45, 7) is 4.09. The van der Waals surface area contributed by atoms with Crippen LogP contribution in [0.4, 0.5) is 0 Å². The Kier molecular flexibility index (Phi) is 6.24. The molecule has 1 amide bonds. The van der Waals surface area contributed by atoms with E-state index in [1.165, 1.54) is 30.4 Å². The third-order valence-corrected chi connectivity index (χ3v) is 4.40. The van der Waals surface area contributed by atoms with Crippen LogP contribution >= 0.6 is 0 Å². The third-order valence-electron chi connectivity index (χ3n) is 4.40. The lowest BCUT2D eigenvalue weighted by Crippen LogP contribution is -2.38. The maximum Gasteiger partial charge on any atom is 0.222 e. The molecule has 0 aromatic heterocycles. The molecular weight excluding hydrogens is 260 g/mol. The standard InChI is InChI=1S/C18H28N2O/c1-15-6-8-16(9-7-15)10-11-18(21)20(2)14-12-17-5-3-4-13-19-17/h6-9,17,19H,3-5,10-14H2,1-2H3. The molecule has 0 radical (unpaired) electrons. The van der Waals surface area contributed by atoms with E-state index >= 15 is 0 Å². The molecule has 3 heteroatoms. The fourth-order valence-corrected chi connectivity index (χ4v) is 2.84. The van der Waals surface area contributed by atoms with E-state index in [4.69, 9.17) is 0 Å². The van der Waals surface area contributed by atoms with Gasteiger partial charge in [0.25, 0.3) is 0 Å². The first-order valence-electron chi connectivity index (χ1n) is 8.18. The van der Waals surface area contributed by atoms with Gasteiger partial charge in [-0.25, -0.2) is 0 Å². The van der Waals surface area contributed by atoms with Gasteiger partial charge in [-0.1, -0.05) is 36.2 Å². The van der Waals surface area contributed by atoms with Crippen molar-refractivity contribution in [3.05, 3.63) is 35.4 Å². The second kappa shape index (κ2) is 8.18. The van der Waals surface area contributed by atoms with E-state index in [1.807, 2.05) is 11.9 Å². The Labute approximate surface area is 128 Å². The summed E-state index contributed by atoms with van der Waals surface area (Å²) in [6, 6.07) is 9.06. The highest BCUT2D eigenvalue weighted by molar-refractivity contribution is 5.76. The molecule has 1 unspecified atom stereocenters. The lowest BCUT2D eigenvalue weighted by Gasteiger charge is -2.26. The first-order valence-corrected chi connectivity index (χ1v) is 8.18. The molecule has 0 aliphatic carbocycles. The van der Waals surface area contributed by atoms with Crippen molar-refractivity contribution < 1.29 is 4.79 Å². The number of hydrogen-bond donors (Lipinski definition) is 1. The van der Waals surface area contributed by atoms with Gasteiger partial charge in [0.05, 0.1) is 0 Å². The number of benzene rings is 1. The van der Waals surface area contributed by atoms with Gasteiger partial charge in [-0.3, -0.25) is 4.79 Å². The molecule has 1 N–H and O–H groups in total. The normalized spacial score (nSPS) is 18.5. The zero-order valence-corrected chi connectivity index (χ0v) is 13.4. The summed E-state index contributed by atoms with van der Waals surface area (Å²) in [4.78, 5) is 14.1. The fraction of sp³-hybridized carbons (Fsp3) is 0.611. The molecule has 1 saturated heterocycles. The second-order valence-electron chi connectivity index (χ2n) is 6.24. The van der Waals surface area contributed by atoms with Gasteiger partial charge in [-0.15, -0.1) is 0 Å². The zero-order chi connectivity index (χ0) is 15.1. The smallest absolute Gasteiger partial charge is 0.222 e. The maximum absolute atomic E-state index is 12.2. The van der Waals surface area contributed by atoms with E-state index in [0.717, 1.165) is 25.9 Å². The molecule has 1 atom stereocenters. The second-order valence-corrected chi connectivity index (χ2v) is 6.24. The molecule has 0 bridgehead atoms. The van der Waals surface area contributed by atoms with Gasteiger partial charge >= 0.3 is 0 Å². The molecular formula is C18H28N2O. The van der Waals surface area contributed by atoms with Gasteiger partial charge in [0.2, 0.25) is 5.91 Å². The van der Waals surface area contributed by atoms with E-state index < -0.39 is 0 Å². The highest BCUT2D eigenvalue weighted by Gasteiger charge is 2.15. The number of nitrogens with zero attached hydrogens (tertiary/aromatic N) is 1. The van der Waals surface area contributed by atoms with Crippen molar-refractivity contribution in [1.29, 1.82) is 0 Å². The van der Waals surface area contributed by atoms with E-state index in [9.17, 15) is 4.79 Å². The SMILES string of the molecule is Cc1ccc(CCC(=O)N(C)CCC2CCCCN2)cc1. The Morgan fingerprint density at radius 2 is 2.05 bits per heavy atom. The lowest BCUT2D eigenvalue weighted by atomic mass is 10.0. The summed E-state index contributed by atoms with van der Waals surface area (Å²) in [6.07, 6.45) is 6.39. The topological polar surface area (TPSA) is 32.3 Å². The Morgan fingerprint density at radius 1 is 1.29 bits per heavy atom. The van der Waals surface area contributed by atoms with Gasteiger partial charge in [0.1, 0.15) is 0 Å². The minimum absolute atomic E-state index is 0.256. The van der Waals surface area contributed by atoms with Crippen LogP contribution < -0.4 is 5.32 Å². The van der Waals surface area contributed by atoms with Crippen molar-refractivity contribution in [2.75, 3.05) is 20.1 Å². The average Bonchev–Trinajstić information content (AvgIpc) is 2.52. The van der Waals surface area contributed by atoms with Crippen LogP contribution in [0.3, 0.4) is 0 Å². The third kappa shape index (κ3) is 5.50. The number of carbonyl (C=O) groups is 1. The van der Waals surface area contributed by atoms with Crippen molar-refractivity contribution in [2.24, 2.45) is 0 Å². The van der Waals surface area contributed by atoms with Crippen LogP contribution in [0.2, 0.25) is 0 Å². The van der Waals surface area contributed by atoms with Crippen LogP contribution in [-0.4, -0.2) is 37.0 Å². The van der Waals surface area contributed by atoms with Crippen LogP contribution in [0.15, 0.2) is 24.3 Å². The molecule has 1 aliphatic rings. The zero-order valence-electron chi connectivity index (χ0n) is 13.4. The summed E-state index contributed by atoms with van der Waals surface area (Å²) >= 11 is 0. The van der Waals surface area contributed by atoms with Crippen molar-refractivity contribution in [1.82, 2.24) is 10.2 Å². The lowest BCUT2D eigenvalue weighted by molar-refractivity contribution is -0.129. The molecule has 116 valence electrons. The largest absolute Gasteiger partial charge is 0.346 e. The minimum Gasteiger partial charge on any atom is -0.346 e. The first kappa shape index (κ1) is 16.0. The number of hydrogen-bond acceptors (Lipinski definition) is 2. The monoisotopic (exact) mass is 288 g/mol. The Balaban J connectivity index is 1.68. The van der Waals surface area contributed by atoms with Gasteiger partial charge in [-0.05, 0) is 44.7 Å². The van der Waals surface area contributed by atoms with Gasteiger partial charge in [0, 0.05) is 26.1 Å². The predicted molar refractivity (Wildman–Crippen MR) is 87.4 cm³/mol. The van der Waals surface area contributed by atoms with E-state index in [0.29, 0.717) is 12.5 Å². The van der Waals surface area contributed by atoms with Gasteiger partial charge < -0.3 is 10.2 Å². The van der Waals surface area contributed by atoms with Crippen LogP contribution in [0, 0.1) is 6.92 Å². The molecule has 0 saturated carbocycles. The number of nitrogens with one attached hydrogen (secondary N) is 1. The summed E-state index contributed by atoms with van der Waals surface area (Å²) in [5.41, 5.74) is 2.51. The molecule has 1 aromatic carbocycles. The highest BCUT2D eigenvalue weighted by Crippen LogP contribution is 2.11. The van der Waals surface area contributed by atoms with E-state index in [2.05, 4.69) is 36.5 Å². The molecule has 1 aliphatic heterocycles. The summed E-state index contributed by atoms with van der Waals surface area (Å²) < 4.78 is 0. The molecule has 3 nitrogen and oxygen atoms in total. The van der Waals surface area contributed by atoms with Crippen molar-refractivity contribution in [3.63, 3.8) is 0 Å². The Bertz CT molecular complexity index is 435. The Morgan fingerprint density at radius 3 is 2.71 bits per heavy atom. The number of rotatable bonds is 6. The summed E-state index contributed by atoms with van der Waals surface area (Å²) in [5, 5.41) is 3.54. The number of carbonyl (C=O) groups excluding carboxylic acids is 1. The molecule has 1 aromatic rings. The first-order chi connectivity index (χ1) is 10.1. The Hall–Kier alpha value is -1.35.